The summed E-state index contributed by atoms with van der Waals surface area (Å²) in [5.74, 6) is -1.07. The van der Waals surface area contributed by atoms with E-state index in [9.17, 15) is 4.79 Å². The quantitative estimate of drug-likeness (QED) is 0.793. The molecule has 2 nitrogen and oxygen atoms in total. The molecule has 5 heteroatoms. The number of carbonyl (C=O) groups is 1. The highest BCUT2D eigenvalue weighted by atomic mass is 79.9. The summed E-state index contributed by atoms with van der Waals surface area (Å²) < 4.78 is 0.408. The van der Waals surface area contributed by atoms with Crippen LogP contribution in [-0.2, 0) is 0 Å². The van der Waals surface area contributed by atoms with Crippen molar-refractivity contribution in [2.24, 2.45) is 0 Å². The molecule has 0 saturated carbocycles. The highest BCUT2D eigenvalue weighted by molar-refractivity contribution is 9.10. The Balaban J connectivity index is 3.36. The van der Waals surface area contributed by atoms with Gasteiger partial charge < -0.3 is 5.11 Å². The van der Waals surface area contributed by atoms with Crippen molar-refractivity contribution in [2.75, 3.05) is 0 Å². The minimum absolute atomic E-state index is 0.0351. The molecule has 1 N–H and O–H groups in total. The molecule has 0 radical (unpaired) electrons. The van der Waals surface area contributed by atoms with Gasteiger partial charge in [0.25, 0.3) is 0 Å². The van der Waals surface area contributed by atoms with Crippen molar-refractivity contribution in [3.63, 3.8) is 0 Å². The van der Waals surface area contributed by atoms with Crippen LogP contribution in [0.5, 0.6) is 0 Å². The van der Waals surface area contributed by atoms with Crippen LogP contribution >= 0.6 is 39.1 Å². The first kappa shape index (κ1) is 9.84. The van der Waals surface area contributed by atoms with Crippen molar-refractivity contribution in [3.05, 3.63) is 32.2 Å². The molecular formula is C7H3BrCl2O2. The molecule has 64 valence electrons. The SMILES string of the molecule is O=C(O)c1ccc(Cl)c(Br)c1Cl. The average molecular weight is 270 g/mol. The summed E-state index contributed by atoms with van der Waals surface area (Å²) in [6, 6.07) is 2.83. The molecular weight excluding hydrogens is 267 g/mol. The molecule has 1 aromatic rings. The highest BCUT2D eigenvalue weighted by Gasteiger charge is 2.12. The maximum Gasteiger partial charge on any atom is 0.337 e. The van der Waals surface area contributed by atoms with Gasteiger partial charge in [0.15, 0.2) is 0 Å². The van der Waals surface area contributed by atoms with E-state index in [0.717, 1.165) is 0 Å². The first-order valence-electron chi connectivity index (χ1n) is 2.91. The van der Waals surface area contributed by atoms with E-state index in [4.69, 9.17) is 28.3 Å². The van der Waals surface area contributed by atoms with E-state index >= 15 is 0 Å². The molecule has 0 bridgehead atoms. The number of aromatic carboxylic acids is 1. The molecule has 0 spiro atoms. The van der Waals surface area contributed by atoms with Gasteiger partial charge >= 0.3 is 5.97 Å². The zero-order valence-electron chi connectivity index (χ0n) is 5.64. The summed E-state index contributed by atoms with van der Waals surface area (Å²) in [4.78, 5) is 10.5. The molecule has 0 aliphatic heterocycles. The molecule has 0 aliphatic rings. The van der Waals surface area contributed by atoms with E-state index < -0.39 is 5.97 Å². The minimum Gasteiger partial charge on any atom is -0.478 e. The molecule has 0 atom stereocenters. The zero-order valence-corrected chi connectivity index (χ0v) is 8.74. The summed E-state index contributed by atoms with van der Waals surface area (Å²) in [5.41, 5.74) is 0.0351. The third-order valence-electron chi connectivity index (χ3n) is 1.27. The average Bonchev–Trinajstić information content (AvgIpc) is 2.00. The Bertz CT molecular complexity index is 338. The molecule has 12 heavy (non-hydrogen) atoms. The summed E-state index contributed by atoms with van der Waals surface area (Å²) in [6.07, 6.45) is 0. The van der Waals surface area contributed by atoms with E-state index in [-0.39, 0.29) is 10.6 Å². The van der Waals surface area contributed by atoms with E-state index in [1.165, 1.54) is 12.1 Å². The number of carboxylic acid groups (broad SMARTS) is 1. The van der Waals surface area contributed by atoms with Gasteiger partial charge in [0, 0.05) is 0 Å². The van der Waals surface area contributed by atoms with Crippen LogP contribution in [0.3, 0.4) is 0 Å². The van der Waals surface area contributed by atoms with Crippen LogP contribution in [0, 0.1) is 0 Å². The Morgan fingerprint density at radius 2 is 2.00 bits per heavy atom. The smallest absolute Gasteiger partial charge is 0.337 e. The van der Waals surface area contributed by atoms with Crippen LogP contribution in [0.15, 0.2) is 16.6 Å². The number of carboxylic acids is 1. The first-order chi connectivity index (χ1) is 5.54. The van der Waals surface area contributed by atoms with Crippen molar-refractivity contribution in [2.45, 2.75) is 0 Å². The van der Waals surface area contributed by atoms with Gasteiger partial charge in [-0.05, 0) is 28.1 Å². The van der Waals surface area contributed by atoms with Crippen molar-refractivity contribution in [3.8, 4) is 0 Å². The lowest BCUT2D eigenvalue weighted by atomic mass is 10.2. The number of halogens is 3. The number of rotatable bonds is 1. The first-order valence-corrected chi connectivity index (χ1v) is 4.45. The van der Waals surface area contributed by atoms with E-state index in [0.29, 0.717) is 9.50 Å². The number of hydrogen-bond donors (Lipinski definition) is 1. The Labute approximate surface area is 87.2 Å². The molecule has 1 aromatic carbocycles. The van der Waals surface area contributed by atoms with Crippen molar-refractivity contribution in [1.29, 1.82) is 0 Å². The van der Waals surface area contributed by atoms with E-state index in [1.54, 1.807) is 0 Å². The standard InChI is InChI=1S/C7H3BrCl2O2/c8-5-4(9)2-1-3(6(5)10)7(11)12/h1-2H,(H,11,12). The Kier molecular flexibility index (Phi) is 2.99. The molecule has 0 unspecified atom stereocenters. The zero-order chi connectivity index (χ0) is 9.30. The summed E-state index contributed by atoms with van der Waals surface area (Å²) in [5, 5.41) is 9.15. The van der Waals surface area contributed by atoms with Crippen LogP contribution < -0.4 is 0 Å². The maximum atomic E-state index is 10.5. The van der Waals surface area contributed by atoms with Crippen molar-refractivity contribution < 1.29 is 9.90 Å². The number of benzene rings is 1. The van der Waals surface area contributed by atoms with Crippen LogP contribution in [0.2, 0.25) is 10.0 Å². The Morgan fingerprint density at radius 3 is 2.50 bits per heavy atom. The summed E-state index contributed by atoms with van der Waals surface area (Å²) in [7, 11) is 0. The molecule has 0 saturated heterocycles. The fourth-order valence-corrected chi connectivity index (χ4v) is 1.49. The Morgan fingerprint density at radius 1 is 1.42 bits per heavy atom. The normalized spacial score (nSPS) is 9.92. The molecule has 0 aliphatic carbocycles. The molecule has 1 rings (SSSR count). The van der Waals surface area contributed by atoms with Gasteiger partial charge in [-0.2, -0.15) is 0 Å². The van der Waals surface area contributed by atoms with Gasteiger partial charge in [-0.25, -0.2) is 4.79 Å². The molecule has 0 aromatic heterocycles. The lowest BCUT2D eigenvalue weighted by molar-refractivity contribution is 0.0697. The van der Waals surface area contributed by atoms with Crippen LogP contribution in [0.4, 0.5) is 0 Å². The fraction of sp³-hybridized carbons (Fsp3) is 0. The summed E-state index contributed by atoms with van der Waals surface area (Å²) in [6.45, 7) is 0. The minimum atomic E-state index is -1.07. The monoisotopic (exact) mass is 268 g/mol. The maximum absolute atomic E-state index is 10.5. The molecule has 0 fully saturated rings. The topological polar surface area (TPSA) is 37.3 Å². The van der Waals surface area contributed by atoms with E-state index in [2.05, 4.69) is 15.9 Å². The predicted octanol–water partition coefficient (Wildman–Crippen LogP) is 3.45. The summed E-state index contributed by atoms with van der Waals surface area (Å²) >= 11 is 14.4. The van der Waals surface area contributed by atoms with E-state index in [1.807, 2.05) is 0 Å². The van der Waals surface area contributed by atoms with Gasteiger partial charge in [0.1, 0.15) is 0 Å². The second-order valence-corrected chi connectivity index (χ2v) is 3.61. The fourth-order valence-electron chi connectivity index (χ4n) is 0.691. The number of hydrogen-bond acceptors (Lipinski definition) is 1. The van der Waals surface area contributed by atoms with Crippen LogP contribution in [0.25, 0.3) is 0 Å². The third-order valence-corrected chi connectivity index (χ3v) is 3.25. The predicted molar refractivity (Wildman–Crippen MR) is 51.1 cm³/mol. The van der Waals surface area contributed by atoms with Crippen LogP contribution in [0.1, 0.15) is 10.4 Å². The lowest BCUT2D eigenvalue weighted by Crippen LogP contribution is -1.97. The Hall–Kier alpha value is -0.250. The highest BCUT2D eigenvalue weighted by Crippen LogP contribution is 2.32. The second kappa shape index (κ2) is 3.64. The van der Waals surface area contributed by atoms with Gasteiger partial charge in [-0.3, -0.25) is 0 Å². The largest absolute Gasteiger partial charge is 0.478 e. The van der Waals surface area contributed by atoms with Crippen molar-refractivity contribution >= 4 is 45.1 Å². The van der Waals surface area contributed by atoms with Crippen LogP contribution in [-0.4, -0.2) is 11.1 Å². The van der Waals surface area contributed by atoms with Gasteiger partial charge in [0.2, 0.25) is 0 Å². The third kappa shape index (κ3) is 1.73. The van der Waals surface area contributed by atoms with Gasteiger partial charge in [0.05, 0.1) is 20.1 Å². The second-order valence-electron chi connectivity index (χ2n) is 2.03. The molecule has 0 amide bonds. The molecule has 0 heterocycles. The lowest BCUT2D eigenvalue weighted by Gasteiger charge is -2.01. The van der Waals surface area contributed by atoms with Gasteiger partial charge in [-0.1, -0.05) is 23.2 Å². The van der Waals surface area contributed by atoms with Gasteiger partial charge in [-0.15, -0.1) is 0 Å². The van der Waals surface area contributed by atoms with Crippen molar-refractivity contribution in [1.82, 2.24) is 0 Å².